The van der Waals surface area contributed by atoms with Crippen molar-refractivity contribution in [1.29, 1.82) is 0 Å². The molecule has 6 nitrogen and oxygen atoms in total. The highest BCUT2D eigenvalue weighted by molar-refractivity contribution is 6.06. The third-order valence-corrected chi connectivity index (χ3v) is 2.65. The zero-order chi connectivity index (χ0) is 14.5. The van der Waals surface area contributed by atoms with Gasteiger partial charge in [-0.15, -0.1) is 0 Å². The van der Waals surface area contributed by atoms with Crippen molar-refractivity contribution in [3.8, 4) is 0 Å². The molecule has 0 atom stereocenters. The molecule has 6 heteroatoms. The number of hydrogen-bond donors (Lipinski definition) is 3. The van der Waals surface area contributed by atoms with E-state index in [0.717, 1.165) is 11.1 Å². The second kappa shape index (κ2) is 5.83. The second-order valence-electron chi connectivity index (χ2n) is 4.15. The molecule has 3 N–H and O–H groups in total. The van der Waals surface area contributed by atoms with Crippen molar-refractivity contribution in [2.45, 2.75) is 6.42 Å². The van der Waals surface area contributed by atoms with Crippen LogP contribution < -0.4 is 0 Å². The number of aliphatic hydroxyl groups is 1. The maximum Gasteiger partial charge on any atom is 0.371 e. The van der Waals surface area contributed by atoms with Crippen LogP contribution in [0.2, 0.25) is 0 Å². The minimum atomic E-state index is -1.54. The summed E-state index contributed by atoms with van der Waals surface area (Å²) in [6.45, 7) is 0. The summed E-state index contributed by atoms with van der Waals surface area (Å²) in [5, 5.41) is 17.5. The van der Waals surface area contributed by atoms with E-state index in [0.29, 0.717) is 12.5 Å². The average molecular weight is 272 g/mol. The molecule has 0 aliphatic rings. The first-order valence-electron chi connectivity index (χ1n) is 5.81. The molecule has 0 saturated heterocycles. The van der Waals surface area contributed by atoms with Crippen LogP contribution in [-0.4, -0.2) is 31.9 Å². The van der Waals surface area contributed by atoms with Crippen LogP contribution in [0.5, 0.6) is 0 Å². The Hall–Kier alpha value is -2.89. The molecular weight excluding hydrogens is 260 g/mol. The van der Waals surface area contributed by atoms with Crippen molar-refractivity contribution in [1.82, 2.24) is 9.97 Å². The number of nitrogens with zero attached hydrogens (tertiary/aromatic N) is 1. The third-order valence-electron chi connectivity index (χ3n) is 2.65. The number of ketones is 1. The Morgan fingerprint density at radius 1 is 1.20 bits per heavy atom. The summed E-state index contributed by atoms with van der Waals surface area (Å²) in [6.07, 6.45) is 6.33. The number of H-pyrrole nitrogens is 1. The fraction of sp³-hybridized carbons (Fsp3) is 0.0714. The highest BCUT2D eigenvalue weighted by Gasteiger charge is 2.11. The van der Waals surface area contributed by atoms with Gasteiger partial charge in [0.2, 0.25) is 11.5 Å². The molecule has 2 aromatic heterocycles. The Balaban J connectivity index is 2.11. The molecule has 0 spiro atoms. The fourth-order valence-corrected chi connectivity index (χ4v) is 1.68. The van der Waals surface area contributed by atoms with Crippen LogP contribution in [0.15, 0.2) is 48.6 Å². The number of carbonyl (C=O) groups excluding carboxylic acids is 1. The number of aromatic nitrogens is 2. The number of carbonyl (C=O) groups is 2. The minimum absolute atomic E-state index is 0.224. The molecule has 20 heavy (non-hydrogen) atoms. The average Bonchev–Trinajstić information content (AvgIpc) is 2.88. The van der Waals surface area contributed by atoms with E-state index in [9.17, 15) is 9.59 Å². The standard InChI is InChI=1S/C14H12N2O4/c17-12(7-13(18)14(19)20)11-6-10(8-16-11)5-9-1-3-15-4-2-9/h1-4,6-8,16,18H,5H2,(H,19,20). The Bertz CT molecular complexity index is 659. The Morgan fingerprint density at radius 3 is 2.55 bits per heavy atom. The second-order valence-corrected chi connectivity index (χ2v) is 4.15. The van der Waals surface area contributed by atoms with Gasteiger partial charge in [-0.3, -0.25) is 9.78 Å². The quantitative estimate of drug-likeness (QED) is 0.436. The first-order valence-corrected chi connectivity index (χ1v) is 5.81. The molecule has 0 aliphatic carbocycles. The fourth-order valence-electron chi connectivity index (χ4n) is 1.68. The predicted octanol–water partition coefficient (Wildman–Crippen LogP) is 1.71. The Kier molecular flexibility index (Phi) is 3.95. The molecular formula is C14H12N2O4. The third kappa shape index (κ3) is 3.32. The SMILES string of the molecule is O=C(O)C(O)=CC(=O)c1cc(Cc2ccncc2)c[nH]1. The number of carboxylic acid groups (broad SMARTS) is 1. The van der Waals surface area contributed by atoms with E-state index in [1.54, 1.807) is 24.7 Å². The van der Waals surface area contributed by atoms with Crippen LogP contribution in [0.3, 0.4) is 0 Å². The van der Waals surface area contributed by atoms with Crippen molar-refractivity contribution in [3.05, 3.63) is 65.4 Å². The van der Waals surface area contributed by atoms with Crippen molar-refractivity contribution in [3.63, 3.8) is 0 Å². The lowest BCUT2D eigenvalue weighted by atomic mass is 10.1. The molecule has 2 heterocycles. The van der Waals surface area contributed by atoms with Gasteiger partial charge in [-0.2, -0.15) is 0 Å². The van der Waals surface area contributed by atoms with E-state index in [2.05, 4.69) is 9.97 Å². The number of pyridine rings is 1. The number of allylic oxidation sites excluding steroid dienone is 1. The summed E-state index contributed by atoms with van der Waals surface area (Å²) in [5.74, 6) is -3.12. The number of aliphatic hydroxyl groups excluding tert-OH is 1. The molecule has 2 aromatic rings. The molecule has 0 amide bonds. The van der Waals surface area contributed by atoms with E-state index in [1.165, 1.54) is 0 Å². The van der Waals surface area contributed by atoms with Gasteiger partial charge in [0.25, 0.3) is 0 Å². The van der Waals surface area contributed by atoms with Gasteiger partial charge < -0.3 is 15.2 Å². The molecule has 0 aliphatic heterocycles. The van der Waals surface area contributed by atoms with Gasteiger partial charge >= 0.3 is 5.97 Å². The number of carboxylic acids is 1. The van der Waals surface area contributed by atoms with Gasteiger partial charge in [0.05, 0.1) is 5.69 Å². The van der Waals surface area contributed by atoms with Gasteiger partial charge in [0.1, 0.15) is 0 Å². The number of rotatable bonds is 5. The maximum absolute atomic E-state index is 11.7. The Labute approximate surface area is 114 Å². The van der Waals surface area contributed by atoms with Crippen molar-refractivity contribution < 1.29 is 19.8 Å². The smallest absolute Gasteiger partial charge is 0.371 e. The minimum Gasteiger partial charge on any atom is -0.502 e. The van der Waals surface area contributed by atoms with E-state index >= 15 is 0 Å². The molecule has 0 aromatic carbocycles. The zero-order valence-corrected chi connectivity index (χ0v) is 10.4. The van der Waals surface area contributed by atoms with Gasteiger partial charge in [0, 0.05) is 24.7 Å². The van der Waals surface area contributed by atoms with Crippen LogP contribution >= 0.6 is 0 Å². The number of aromatic amines is 1. The van der Waals surface area contributed by atoms with Crippen LogP contribution in [0, 0.1) is 0 Å². The summed E-state index contributed by atoms with van der Waals surface area (Å²) in [5.41, 5.74) is 2.14. The molecule has 0 fully saturated rings. The summed E-state index contributed by atoms with van der Waals surface area (Å²) in [7, 11) is 0. The molecule has 0 unspecified atom stereocenters. The van der Waals surface area contributed by atoms with Crippen LogP contribution in [0.4, 0.5) is 0 Å². The summed E-state index contributed by atoms with van der Waals surface area (Å²) in [4.78, 5) is 28.8. The van der Waals surface area contributed by atoms with E-state index < -0.39 is 17.5 Å². The van der Waals surface area contributed by atoms with Crippen LogP contribution in [-0.2, 0) is 11.2 Å². The van der Waals surface area contributed by atoms with Crippen LogP contribution in [0.1, 0.15) is 21.6 Å². The van der Waals surface area contributed by atoms with Crippen molar-refractivity contribution in [2.24, 2.45) is 0 Å². The summed E-state index contributed by atoms with van der Waals surface area (Å²) >= 11 is 0. The monoisotopic (exact) mass is 272 g/mol. The van der Waals surface area contributed by atoms with Gasteiger partial charge in [0.15, 0.2) is 0 Å². The zero-order valence-electron chi connectivity index (χ0n) is 10.4. The van der Waals surface area contributed by atoms with Gasteiger partial charge in [-0.25, -0.2) is 4.79 Å². The molecule has 2 rings (SSSR count). The highest BCUT2D eigenvalue weighted by atomic mass is 16.4. The van der Waals surface area contributed by atoms with Gasteiger partial charge in [-0.05, 0) is 35.7 Å². The highest BCUT2D eigenvalue weighted by Crippen LogP contribution is 2.11. The first-order chi connectivity index (χ1) is 9.56. The summed E-state index contributed by atoms with van der Waals surface area (Å²) in [6, 6.07) is 5.35. The van der Waals surface area contributed by atoms with Gasteiger partial charge in [-0.1, -0.05) is 0 Å². The van der Waals surface area contributed by atoms with Crippen molar-refractivity contribution in [2.75, 3.05) is 0 Å². The number of hydrogen-bond acceptors (Lipinski definition) is 4. The topological polar surface area (TPSA) is 103 Å². The number of aliphatic carboxylic acids is 1. The molecule has 0 bridgehead atoms. The lowest BCUT2D eigenvalue weighted by Crippen LogP contribution is -2.04. The molecule has 0 radical (unpaired) electrons. The van der Waals surface area contributed by atoms with Crippen LogP contribution in [0.25, 0.3) is 0 Å². The van der Waals surface area contributed by atoms with E-state index in [4.69, 9.17) is 10.2 Å². The lowest BCUT2D eigenvalue weighted by molar-refractivity contribution is -0.135. The van der Waals surface area contributed by atoms with E-state index in [-0.39, 0.29) is 5.69 Å². The van der Waals surface area contributed by atoms with Crippen molar-refractivity contribution >= 4 is 11.8 Å². The maximum atomic E-state index is 11.7. The molecule has 0 saturated carbocycles. The first kappa shape index (κ1) is 13.5. The Morgan fingerprint density at radius 2 is 1.90 bits per heavy atom. The predicted molar refractivity (Wildman–Crippen MR) is 70.5 cm³/mol. The lowest BCUT2D eigenvalue weighted by Gasteiger charge is -1.96. The normalized spacial score (nSPS) is 11.3. The van der Waals surface area contributed by atoms with E-state index in [1.807, 2.05) is 12.1 Å². The largest absolute Gasteiger partial charge is 0.502 e. The molecule has 102 valence electrons. The number of nitrogens with one attached hydrogen (secondary N) is 1. The summed E-state index contributed by atoms with van der Waals surface area (Å²) < 4.78 is 0.